The molecule has 0 spiro atoms. The number of fused-ring (bicyclic) bond motifs is 1. The van der Waals surface area contributed by atoms with E-state index in [9.17, 15) is 4.57 Å². The Labute approximate surface area is 178 Å². The molecule has 1 fully saturated rings. The fourth-order valence-corrected chi connectivity index (χ4v) is 4.89. The summed E-state index contributed by atoms with van der Waals surface area (Å²) in [4.78, 5) is 17.9. The first-order chi connectivity index (χ1) is 14.3. The molecule has 4 N–H and O–H groups in total. The summed E-state index contributed by atoms with van der Waals surface area (Å²) >= 11 is 0. The number of phosphoric acid groups is 1. The van der Waals surface area contributed by atoms with Crippen LogP contribution < -0.4 is 5.73 Å². The van der Waals surface area contributed by atoms with Gasteiger partial charge in [0.15, 0.2) is 0 Å². The summed E-state index contributed by atoms with van der Waals surface area (Å²) in [5.41, 5.74) is 9.61. The summed E-state index contributed by atoms with van der Waals surface area (Å²) in [6, 6.07) is 6.65. The lowest BCUT2D eigenvalue weighted by Crippen LogP contribution is -2.41. The number of rotatable bonds is 11. The van der Waals surface area contributed by atoms with E-state index >= 15 is 0 Å². The standard InChI is InChI=1S/C22H34NO6P/c1-2-3-10-27-11-12-28-21-7-6-17-13-18(4-5-19(17)14-21)20-8-9-22(23,15-20)16-29-30(24,25)26/h2,4-5,13,20-21H,1,3,6-12,14-16,23H2,(H2,24,25,26)/t20-,21+,22+/m0/s1. The molecule has 7 nitrogen and oxygen atoms in total. The van der Waals surface area contributed by atoms with Crippen LogP contribution in [-0.4, -0.2) is 47.9 Å². The lowest BCUT2D eigenvalue weighted by Gasteiger charge is -2.27. The molecule has 3 atom stereocenters. The lowest BCUT2D eigenvalue weighted by molar-refractivity contribution is 0.000426. The molecule has 3 rings (SSSR count). The molecule has 1 aromatic rings. The van der Waals surface area contributed by atoms with Gasteiger partial charge in [-0.1, -0.05) is 24.3 Å². The van der Waals surface area contributed by atoms with E-state index < -0.39 is 13.4 Å². The molecule has 0 heterocycles. The van der Waals surface area contributed by atoms with Crippen molar-refractivity contribution in [1.82, 2.24) is 0 Å². The summed E-state index contributed by atoms with van der Waals surface area (Å²) in [6.07, 6.45) is 8.13. The van der Waals surface area contributed by atoms with Crippen molar-refractivity contribution in [1.29, 1.82) is 0 Å². The van der Waals surface area contributed by atoms with E-state index in [0.717, 1.165) is 32.1 Å². The Hall–Kier alpha value is -1.05. The highest BCUT2D eigenvalue weighted by atomic mass is 31.2. The molecule has 8 heteroatoms. The summed E-state index contributed by atoms with van der Waals surface area (Å²) in [5, 5.41) is 0. The third-order valence-corrected chi connectivity index (χ3v) is 6.56. The lowest BCUT2D eigenvalue weighted by atomic mass is 9.85. The minimum atomic E-state index is -4.49. The van der Waals surface area contributed by atoms with Crippen LogP contribution in [0.5, 0.6) is 0 Å². The highest BCUT2D eigenvalue weighted by Gasteiger charge is 2.38. The van der Waals surface area contributed by atoms with Crippen molar-refractivity contribution in [2.45, 2.75) is 62.5 Å². The second-order valence-electron chi connectivity index (χ2n) is 8.52. The van der Waals surface area contributed by atoms with Gasteiger partial charge in [0.1, 0.15) is 0 Å². The molecule has 0 radical (unpaired) electrons. The summed E-state index contributed by atoms with van der Waals surface area (Å²) < 4.78 is 27.2. The van der Waals surface area contributed by atoms with Gasteiger partial charge in [-0.3, -0.25) is 4.52 Å². The molecule has 0 saturated heterocycles. The van der Waals surface area contributed by atoms with Crippen molar-refractivity contribution in [2.24, 2.45) is 5.73 Å². The first-order valence-corrected chi connectivity index (χ1v) is 12.2. The molecule has 2 aliphatic rings. The molecule has 30 heavy (non-hydrogen) atoms. The average Bonchev–Trinajstić information content (AvgIpc) is 3.11. The minimum Gasteiger partial charge on any atom is -0.379 e. The number of benzene rings is 1. The molecule has 0 aliphatic heterocycles. The van der Waals surface area contributed by atoms with Gasteiger partial charge in [-0.2, -0.15) is 0 Å². The topological polar surface area (TPSA) is 111 Å². The third kappa shape index (κ3) is 6.99. The van der Waals surface area contributed by atoms with Crippen LogP contribution in [-0.2, 0) is 31.4 Å². The largest absolute Gasteiger partial charge is 0.469 e. The highest BCUT2D eigenvalue weighted by Crippen LogP contribution is 2.44. The number of hydrogen-bond acceptors (Lipinski definition) is 5. The van der Waals surface area contributed by atoms with E-state index in [4.69, 9.17) is 25.0 Å². The second-order valence-corrected chi connectivity index (χ2v) is 9.76. The molecule has 0 unspecified atom stereocenters. The Bertz CT molecular complexity index is 766. The van der Waals surface area contributed by atoms with E-state index in [2.05, 4.69) is 29.3 Å². The molecule has 0 amide bonds. The smallest absolute Gasteiger partial charge is 0.379 e. The first-order valence-electron chi connectivity index (χ1n) is 10.7. The highest BCUT2D eigenvalue weighted by molar-refractivity contribution is 7.46. The zero-order chi connectivity index (χ0) is 21.6. The molecule has 0 aromatic heterocycles. The van der Waals surface area contributed by atoms with Gasteiger partial charge < -0.3 is 25.0 Å². The SMILES string of the molecule is C=CCCOCCO[C@@H]1CCc2cc([C@H]3CC[C@](N)(COP(=O)(O)O)C3)ccc2C1. The molecule has 1 aromatic carbocycles. The second kappa shape index (κ2) is 10.5. The van der Waals surface area contributed by atoms with Gasteiger partial charge in [0.25, 0.3) is 0 Å². The van der Waals surface area contributed by atoms with Gasteiger partial charge in [-0.15, -0.1) is 6.58 Å². The molecule has 0 bridgehead atoms. The summed E-state index contributed by atoms with van der Waals surface area (Å²) in [5.74, 6) is 0.294. The zero-order valence-electron chi connectivity index (χ0n) is 17.5. The number of phosphoric ester groups is 1. The van der Waals surface area contributed by atoms with E-state index in [-0.39, 0.29) is 12.7 Å². The average molecular weight is 439 g/mol. The van der Waals surface area contributed by atoms with Gasteiger partial charge in [0.2, 0.25) is 0 Å². The fourth-order valence-electron chi connectivity index (χ4n) is 4.46. The van der Waals surface area contributed by atoms with Gasteiger partial charge in [-0.05, 0) is 67.6 Å². The first kappa shape index (κ1) is 23.6. The molecule has 1 saturated carbocycles. The normalized spacial score (nSPS) is 26.5. The van der Waals surface area contributed by atoms with E-state index in [1.54, 1.807) is 0 Å². The van der Waals surface area contributed by atoms with Crippen LogP contribution in [0.4, 0.5) is 0 Å². The van der Waals surface area contributed by atoms with Gasteiger partial charge in [-0.25, -0.2) is 4.57 Å². The van der Waals surface area contributed by atoms with Crippen molar-refractivity contribution in [3.05, 3.63) is 47.5 Å². The van der Waals surface area contributed by atoms with Crippen LogP contribution in [0.3, 0.4) is 0 Å². The van der Waals surface area contributed by atoms with Crippen molar-refractivity contribution < 1.29 is 28.3 Å². The Morgan fingerprint density at radius 3 is 2.83 bits per heavy atom. The van der Waals surface area contributed by atoms with E-state index in [1.807, 2.05) is 6.08 Å². The number of nitrogens with two attached hydrogens (primary N) is 1. The Morgan fingerprint density at radius 1 is 1.23 bits per heavy atom. The van der Waals surface area contributed by atoms with Crippen molar-refractivity contribution in [3.63, 3.8) is 0 Å². The number of hydrogen-bond donors (Lipinski definition) is 3. The van der Waals surface area contributed by atoms with Crippen LogP contribution in [0.15, 0.2) is 30.9 Å². The van der Waals surface area contributed by atoms with Crippen molar-refractivity contribution >= 4 is 7.82 Å². The van der Waals surface area contributed by atoms with Gasteiger partial charge in [0.05, 0.1) is 32.5 Å². The Balaban J connectivity index is 1.49. The number of ether oxygens (including phenoxy) is 2. The molecule has 168 valence electrons. The number of aryl methyl sites for hydroxylation is 1. The summed E-state index contributed by atoms with van der Waals surface area (Å²) in [6.45, 7) is 5.49. The maximum Gasteiger partial charge on any atom is 0.469 e. The Morgan fingerprint density at radius 2 is 2.07 bits per heavy atom. The zero-order valence-corrected chi connectivity index (χ0v) is 18.4. The quantitative estimate of drug-likeness (QED) is 0.276. The fraction of sp³-hybridized carbons (Fsp3) is 0.636. The van der Waals surface area contributed by atoms with Crippen LogP contribution in [0.1, 0.15) is 54.7 Å². The molecular weight excluding hydrogens is 405 g/mol. The maximum absolute atomic E-state index is 11.0. The van der Waals surface area contributed by atoms with Crippen LogP contribution in [0.2, 0.25) is 0 Å². The Kier molecular flexibility index (Phi) is 8.27. The predicted octanol–water partition coefficient (Wildman–Crippen LogP) is 3.23. The van der Waals surface area contributed by atoms with E-state index in [0.29, 0.717) is 38.6 Å². The van der Waals surface area contributed by atoms with Crippen LogP contribution in [0.25, 0.3) is 0 Å². The van der Waals surface area contributed by atoms with Crippen molar-refractivity contribution in [2.75, 3.05) is 26.4 Å². The van der Waals surface area contributed by atoms with Crippen LogP contribution >= 0.6 is 7.82 Å². The minimum absolute atomic E-state index is 0.116. The summed E-state index contributed by atoms with van der Waals surface area (Å²) in [7, 11) is -4.49. The molecular formula is C22H34NO6P. The third-order valence-electron chi connectivity index (χ3n) is 6.10. The predicted molar refractivity (Wildman–Crippen MR) is 115 cm³/mol. The van der Waals surface area contributed by atoms with Crippen molar-refractivity contribution in [3.8, 4) is 0 Å². The molecule has 2 aliphatic carbocycles. The van der Waals surface area contributed by atoms with Gasteiger partial charge >= 0.3 is 7.82 Å². The monoisotopic (exact) mass is 439 g/mol. The maximum atomic E-state index is 11.0. The van der Waals surface area contributed by atoms with E-state index in [1.165, 1.54) is 16.7 Å². The van der Waals surface area contributed by atoms with Crippen LogP contribution in [0, 0.1) is 0 Å². The van der Waals surface area contributed by atoms with Gasteiger partial charge in [0, 0.05) is 5.54 Å².